The Bertz CT molecular complexity index is 386. The Kier molecular flexibility index (Phi) is 3.43. The smallest absolute Gasteiger partial charge is 0.0682 e. The van der Waals surface area contributed by atoms with E-state index in [-0.39, 0.29) is 6.61 Å². The molecule has 1 aromatic carbocycles. The quantitative estimate of drug-likeness (QED) is 0.838. The lowest BCUT2D eigenvalue weighted by Gasteiger charge is -2.20. The number of anilines is 1. The highest BCUT2D eigenvalue weighted by molar-refractivity contribution is 5.46. The van der Waals surface area contributed by atoms with Gasteiger partial charge in [-0.2, -0.15) is 0 Å². The van der Waals surface area contributed by atoms with Gasteiger partial charge in [0.15, 0.2) is 0 Å². The Labute approximate surface area is 104 Å². The largest absolute Gasteiger partial charge is 0.392 e. The summed E-state index contributed by atoms with van der Waals surface area (Å²) in [6.45, 7) is 7.12. The molecule has 1 aliphatic rings. The van der Waals surface area contributed by atoms with E-state index in [9.17, 15) is 0 Å². The van der Waals surface area contributed by atoms with Gasteiger partial charge in [0.25, 0.3) is 0 Å². The van der Waals surface area contributed by atoms with Crippen molar-refractivity contribution >= 4 is 5.69 Å². The number of hydrogen-bond donors (Lipinski definition) is 2. The summed E-state index contributed by atoms with van der Waals surface area (Å²) in [5.74, 6) is 0.711. The minimum absolute atomic E-state index is 0.112. The molecule has 0 spiro atoms. The zero-order valence-electron chi connectivity index (χ0n) is 11.0. The second kappa shape index (κ2) is 4.69. The summed E-state index contributed by atoms with van der Waals surface area (Å²) in [5.41, 5.74) is 2.55. The van der Waals surface area contributed by atoms with Crippen molar-refractivity contribution in [3.05, 3.63) is 29.8 Å². The van der Waals surface area contributed by atoms with Gasteiger partial charge in [-0.05, 0) is 41.9 Å². The molecule has 2 atom stereocenters. The lowest BCUT2D eigenvalue weighted by Crippen LogP contribution is -2.22. The van der Waals surface area contributed by atoms with Crippen molar-refractivity contribution in [2.75, 3.05) is 5.32 Å². The Morgan fingerprint density at radius 3 is 2.71 bits per heavy atom. The second-order valence-corrected chi connectivity index (χ2v) is 6.16. The minimum Gasteiger partial charge on any atom is -0.392 e. The van der Waals surface area contributed by atoms with E-state index in [1.807, 2.05) is 18.2 Å². The maximum atomic E-state index is 9.13. The zero-order valence-corrected chi connectivity index (χ0v) is 11.0. The number of benzene rings is 1. The van der Waals surface area contributed by atoms with Gasteiger partial charge in [-0.25, -0.2) is 0 Å². The van der Waals surface area contributed by atoms with Crippen molar-refractivity contribution in [1.29, 1.82) is 0 Å². The molecule has 0 radical (unpaired) electrons. The molecule has 0 aromatic heterocycles. The van der Waals surface area contributed by atoms with E-state index >= 15 is 0 Å². The zero-order chi connectivity index (χ0) is 12.5. The van der Waals surface area contributed by atoms with Crippen LogP contribution in [0.25, 0.3) is 0 Å². The number of hydrogen-bond acceptors (Lipinski definition) is 2. The SMILES string of the molecule is CC1CC(C)(C)CC1Nc1cccc(CO)c1. The topological polar surface area (TPSA) is 32.3 Å². The minimum atomic E-state index is 0.112. The predicted molar refractivity (Wildman–Crippen MR) is 72.0 cm³/mol. The van der Waals surface area contributed by atoms with Crippen molar-refractivity contribution in [2.24, 2.45) is 11.3 Å². The molecule has 1 saturated carbocycles. The Hall–Kier alpha value is -1.02. The lowest BCUT2D eigenvalue weighted by atomic mass is 9.91. The molecule has 0 saturated heterocycles. The van der Waals surface area contributed by atoms with Crippen LogP contribution in [-0.4, -0.2) is 11.1 Å². The highest BCUT2D eigenvalue weighted by Crippen LogP contribution is 2.42. The van der Waals surface area contributed by atoms with Gasteiger partial charge in [0.1, 0.15) is 0 Å². The van der Waals surface area contributed by atoms with Crippen LogP contribution < -0.4 is 5.32 Å². The Balaban J connectivity index is 2.06. The molecule has 1 aromatic rings. The average Bonchev–Trinajstić information content (AvgIpc) is 2.52. The van der Waals surface area contributed by atoms with E-state index in [0.29, 0.717) is 17.4 Å². The molecule has 0 aliphatic heterocycles. The third-order valence-electron chi connectivity index (χ3n) is 3.80. The first-order chi connectivity index (χ1) is 8.00. The first-order valence-corrected chi connectivity index (χ1v) is 6.46. The molecule has 1 aliphatic carbocycles. The standard InChI is InChI=1S/C15H23NO/c1-11-8-15(2,3)9-14(11)16-13-6-4-5-12(7-13)10-17/h4-7,11,14,16-17H,8-10H2,1-3H3. The van der Waals surface area contributed by atoms with Crippen LogP contribution in [0.15, 0.2) is 24.3 Å². The molecule has 2 rings (SSSR count). The first kappa shape index (κ1) is 12.4. The molecule has 2 heteroatoms. The summed E-state index contributed by atoms with van der Waals surface area (Å²) >= 11 is 0. The van der Waals surface area contributed by atoms with Crippen LogP contribution in [0.3, 0.4) is 0 Å². The molecular formula is C15H23NO. The summed E-state index contributed by atoms with van der Waals surface area (Å²) in [6, 6.07) is 8.63. The van der Waals surface area contributed by atoms with Gasteiger partial charge < -0.3 is 10.4 Å². The van der Waals surface area contributed by atoms with E-state index < -0.39 is 0 Å². The molecule has 1 fully saturated rings. The van der Waals surface area contributed by atoms with Gasteiger partial charge in [0, 0.05) is 11.7 Å². The van der Waals surface area contributed by atoms with Crippen molar-refractivity contribution in [3.8, 4) is 0 Å². The number of nitrogens with one attached hydrogen (secondary N) is 1. The van der Waals surface area contributed by atoms with E-state index in [2.05, 4.69) is 32.2 Å². The van der Waals surface area contributed by atoms with E-state index in [1.54, 1.807) is 0 Å². The van der Waals surface area contributed by atoms with Crippen molar-refractivity contribution in [3.63, 3.8) is 0 Å². The van der Waals surface area contributed by atoms with Gasteiger partial charge in [-0.15, -0.1) is 0 Å². The normalized spacial score (nSPS) is 27.1. The number of aliphatic hydroxyl groups is 1. The second-order valence-electron chi connectivity index (χ2n) is 6.16. The molecular weight excluding hydrogens is 210 g/mol. The van der Waals surface area contributed by atoms with Crippen molar-refractivity contribution in [2.45, 2.75) is 46.3 Å². The van der Waals surface area contributed by atoms with Crippen LogP contribution in [0.1, 0.15) is 39.2 Å². The van der Waals surface area contributed by atoms with Crippen LogP contribution in [-0.2, 0) is 6.61 Å². The van der Waals surface area contributed by atoms with Crippen molar-refractivity contribution in [1.82, 2.24) is 0 Å². The third kappa shape index (κ3) is 3.01. The van der Waals surface area contributed by atoms with Crippen LogP contribution in [0.5, 0.6) is 0 Å². The predicted octanol–water partition coefficient (Wildman–Crippen LogP) is 3.42. The van der Waals surface area contributed by atoms with E-state index in [4.69, 9.17) is 5.11 Å². The maximum Gasteiger partial charge on any atom is 0.0682 e. The Morgan fingerprint density at radius 1 is 1.35 bits per heavy atom. The molecule has 2 unspecified atom stereocenters. The third-order valence-corrected chi connectivity index (χ3v) is 3.80. The fraction of sp³-hybridized carbons (Fsp3) is 0.600. The first-order valence-electron chi connectivity index (χ1n) is 6.46. The van der Waals surface area contributed by atoms with Crippen LogP contribution >= 0.6 is 0 Å². The molecule has 17 heavy (non-hydrogen) atoms. The Morgan fingerprint density at radius 2 is 2.12 bits per heavy atom. The molecule has 0 heterocycles. The summed E-state index contributed by atoms with van der Waals surface area (Å²) in [5, 5.41) is 12.7. The van der Waals surface area contributed by atoms with Gasteiger partial charge in [0.05, 0.1) is 6.61 Å². The number of aliphatic hydroxyl groups excluding tert-OH is 1. The highest BCUT2D eigenvalue weighted by atomic mass is 16.3. The summed E-state index contributed by atoms with van der Waals surface area (Å²) in [4.78, 5) is 0. The van der Waals surface area contributed by atoms with Gasteiger partial charge >= 0.3 is 0 Å². The van der Waals surface area contributed by atoms with Crippen LogP contribution in [0.4, 0.5) is 5.69 Å². The lowest BCUT2D eigenvalue weighted by molar-refractivity contribution is 0.282. The summed E-state index contributed by atoms with van der Waals surface area (Å²) in [6.07, 6.45) is 2.50. The summed E-state index contributed by atoms with van der Waals surface area (Å²) < 4.78 is 0. The molecule has 2 N–H and O–H groups in total. The molecule has 0 bridgehead atoms. The van der Waals surface area contributed by atoms with Gasteiger partial charge in [-0.3, -0.25) is 0 Å². The van der Waals surface area contributed by atoms with Crippen LogP contribution in [0.2, 0.25) is 0 Å². The molecule has 94 valence electrons. The fourth-order valence-corrected chi connectivity index (χ4v) is 3.06. The molecule has 2 nitrogen and oxygen atoms in total. The fourth-order valence-electron chi connectivity index (χ4n) is 3.06. The summed E-state index contributed by atoms with van der Waals surface area (Å²) in [7, 11) is 0. The average molecular weight is 233 g/mol. The van der Waals surface area contributed by atoms with E-state index in [0.717, 1.165) is 11.3 Å². The monoisotopic (exact) mass is 233 g/mol. The van der Waals surface area contributed by atoms with Gasteiger partial charge in [0.2, 0.25) is 0 Å². The maximum absolute atomic E-state index is 9.13. The highest BCUT2D eigenvalue weighted by Gasteiger charge is 2.36. The number of rotatable bonds is 3. The van der Waals surface area contributed by atoms with Gasteiger partial charge in [-0.1, -0.05) is 32.9 Å². The van der Waals surface area contributed by atoms with Crippen LogP contribution in [0, 0.1) is 11.3 Å². The van der Waals surface area contributed by atoms with E-state index in [1.165, 1.54) is 12.8 Å². The molecule has 0 amide bonds. The van der Waals surface area contributed by atoms with Crippen molar-refractivity contribution < 1.29 is 5.11 Å².